The van der Waals surface area contributed by atoms with Gasteiger partial charge in [-0.05, 0) is 12.5 Å². The number of rotatable bonds is 4. The number of aryl methyl sites for hydroxylation is 1. The zero-order valence-electron chi connectivity index (χ0n) is 15.4. The van der Waals surface area contributed by atoms with E-state index in [9.17, 15) is 4.79 Å². The van der Waals surface area contributed by atoms with Crippen LogP contribution < -0.4 is 4.90 Å². The van der Waals surface area contributed by atoms with E-state index in [-0.39, 0.29) is 0 Å². The molecule has 0 aliphatic heterocycles. The Balaban J connectivity index is 2.11. The Labute approximate surface area is 157 Å². The monoisotopic (exact) mass is 357 g/mol. The summed E-state index contributed by atoms with van der Waals surface area (Å²) in [6.45, 7) is 1.86. The molecule has 0 bridgehead atoms. The quantitative estimate of drug-likeness (QED) is 0.522. The molecule has 0 radical (unpaired) electrons. The van der Waals surface area contributed by atoms with E-state index < -0.39 is 0 Å². The molecule has 6 heteroatoms. The molecular weight excluding hydrogens is 338 g/mol. The predicted octanol–water partition coefficient (Wildman–Crippen LogP) is 3.65. The smallest absolute Gasteiger partial charge is 0.254 e. The van der Waals surface area contributed by atoms with Crippen molar-refractivity contribution in [3.8, 4) is 22.4 Å². The van der Waals surface area contributed by atoms with Crippen molar-refractivity contribution in [2.24, 2.45) is 0 Å². The van der Waals surface area contributed by atoms with E-state index in [1.54, 1.807) is 16.6 Å². The Kier molecular flexibility index (Phi) is 4.16. The van der Waals surface area contributed by atoms with Gasteiger partial charge in [0, 0.05) is 25.2 Å². The van der Waals surface area contributed by atoms with Gasteiger partial charge in [-0.2, -0.15) is 9.50 Å². The lowest BCUT2D eigenvalue weighted by atomic mass is 9.98. The van der Waals surface area contributed by atoms with Gasteiger partial charge in [0.15, 0.2) is 0 Å². The van der Waals surface area contributed by atoms with Gasteiger partial charge in [0.1, 0.15) is 17.9 Å². The maximum atomic E-state index is 11.0. The second-order valence-corrected chi connectivity index (χ2v) is 6.53. The van der Waals surface area contributed by atoms with Gasteiger partial charge in [0.05, 0.1) is 11.3 Å². The highest BCUT2D eigenvalue weighted by molar-refractivity contribution is 5.90. The highest BCUT2D eigenvalue weighted by Gasteiger charge is 2.21. The van der Waals surface area contributed by atoms with Crippen LogP contribution in [0.3, 0.4) is 0 Å². The van der Waals surface area contributed by atoms with Gasteiger partial charge in [-0.25, -0.2) is 4.98 Å². The number of aldehydes is 1. The standard InChI is InChI=1S/C21H19N5O/c1-14-22-21-23-19(17-11-9-15(13-27)10-12-17)18(16-7-5-4-6-8-16)20(25(2)3)26(21)24-14/h4-13H,1-3H3. The molecule has 2 heterocycles. The zero-order chi connectivity index (χ0) is 19.0. The minimum absolute atomic E-state index is 0.547. The van der Waals surface area contributed by atoms with Crippen molar-refractivity contribution in [3.63, 3.8) is 0 Å². The molecule has 0 N–H and O–H groups in total. The first-order valence-electron chi connectivity index (χ1n) is 8.64. The Hall–Kier alpha value is -3.54. The number of hydrogen-bond donors (Lipinski definition) is 0. The fourth-order valence-electron chi connectivity index (χ4n) is 3.20. The van der Waals surface area contributed by atoms with Crippen molar-refractivity contribution in [3.05, 3.63) is 66.0 Å². The molecule has 4 rings (SSSR count). The average molecular weight is 357 g/mol. The first-order chi connectivity index (χ1) is 13.1. The van der Waals surface area contributed by atoms with Gasteiger partial charge in [0.2, 0.25) is 0 Å². The summed E-state index contributed by atoms with van der Waals surface area (Å²) >= 11 is 0. The minimum atomic E-state index is 0.547. The second kappa shape index (κ2) is 6.64. The van der Waals surface area contributed by atoms with Gasteiger partial charge in [-0.1, -0.05) is 54.6 Å². The molecule has 0 aliphatic rings. The highest BCUT2D eigenvalue weighted by Crippen LogP contribution is 2.38. The number of carbonyl (C=O) groups excluding carboxylic acids is 1. The fourth-order valence-corrected chi connectivity index (χ4v) is 3.20. The molecule has 134 valence electrons. The summed E-state index contributed by atoms with van der Waals surface area (Å²) in [7, 11) is 3.97. The van der Waals surface area contributed by atoms with Gasteiger partial charge in [0.25, 0.3) is 5.78 Å². The summed E-state index contributed by atoms with van der Waals surface area (Å²) in [5.41, 5.74) is 4.37. The Morgan fingerprint density at radius 1 is 0.926 bits per heavy atom. The maximum absolute atomic E-state index is 11.0. The number of benzene rings is 2. The second-order valence-electron chi connectivity index (χ2n) is 6.53. The largest absolute Gasteiger partial charge is 0.362 e. The van der Waals surface area contributed by atoms with Crippen LogP contribution in [0.15, 0.2) is 54.6 Å². The minimum Gasteiger partial charge on any atom is -0.362 e. The Morgan fingerprint density at radius 3 is 2.26 bits per heavy atom. The number of anilines is 1. The van der Waals surface area contributed by atoms with E-state index in [2.05, 4.69) is 22.2 Å². The van der Waals surface area contributed by atoms with Gasteiger partial charge in [-0.15, -0.1) is 5.10 Å². The highest BCUT2D eigenvalue weighted by atomic mass is 16.1. The van der Waals surface area contributed by atoms with Crippen LogP contribution in [0.1, 0.15) is 16.2 Å². The van der Waals surface area contributed by atoms with Crippen LogP contribution in [0.2, 0.25) is 0 Å². The zero-order valence-corrected chi connectivity index (χ0v) is 15.4. The summed E-state index contributed by atoms with van der Waals surface area (Å²) < 4.78 is 1.78. The van der Waals surface area contributed by atoms with E-state index in [4.69, 9.17) is 4.98 Å². The van der Waals surface area contributed by atoms with Gasteiger partial charge < -0.3 is 4.90 Å². The van der Waals surface area contributed by atoms with Crippen LogP contribution in [-0.2, 0) is 0 Å². The normalized spacial score (nSPS) is 10.9. The maximum Gasteiger partial charge on any atom is 0.254 e. The lowest BCUT2D eigenvalue weighted by Crippen LogP contribution is -2.17. The third-order valence-electron chi connectivity index (χ3n) is 4.38. The molecule has 27 heavy (non-hydrogen) atoms. The molecule has 0 spiro atoms. The number of fused-ring (bicyclic) bond motifs is 1. The van der Waals surface area contributed by atoms with Gasteiger partial charge >= 0.3 is 0 Å². The molecule has 0 saturated heterocycles. The lowest BCUT2D eigenvalue weighted by Gasteiger charge is -2.21. The molecule has 2 aromatic heterocycles. The first-order valence-corrected chi connectivity index (χ1v) is 8.64. The van der Waals surface area contributed by atoms with E-state index in [1.165, 1.54) is 0 Å². The summed E-state index contributed by atoms with van der Waals surface area (Å²) in [5.74, 6) is 2.12. The van der Waals surface area contributed by atoms with Crippen LogP contribution in [0.5, 0.6) is 0 Å². The number of hydrogen-bond acceptors (Lipinski definition) is 5. The van der Waals surface area contributed by atoms with E-state index in [0.717, 1.165) is 34.5 Å². The topological polar surface area (TPSA) is 63.4 Å². The number of carbonyl (C=O) groups is 1. The average Bonchev–Trinajstić information content (AvgIpc) is 3.06. The summed E-state index contributed by atoms with van der Waals surface area (Å²) in [4.78, 5) is 22.3. The summed E-state index contributed by atoms with van der Waals surface area (Å²) in [6, 6.07) is 17.5. The van der Waals surface area contributed by atoms with Crippen molar-refractivity contribution >= 4 is 17.9 Å². The molecule has 0 atom stereocenters. The van der Waals surface area contributed by atoms with Crippen molar-refractivity contribution < 1.29 is 4.79 Å². The van der Waals surface area contributed by atoms with Crippen molar-refractivity contribution in [2.75, 3.05) is 19.0 Å². The molecule has 0 fully saturated rings. The summed E-state index contributed by atoms with van der Waals surface area (Å²) in [5, 5.41) is 4.54. The van der Waals surface area contributed by atoms with E-state index in [0.29, 0.717) is 17.2 Å². The van der Waals surface area contributed by atoms with Crippen molar-refractivity contribution in [1.82, 2.24) is 19.6 Å². The van der Waals surface area contributed by atoms with Crippen molar-refractivity contribution in [1.29, 1.82) is 0 Å². The summed E-state index contributed by atoms with van der Waals surface area (Å²) in [6.07, 6.45) is 0.839. The first kappa shape index (κ1) is 16.9. The number of nitrogens with zero attached hydrogens (tertiary/aromatic N) is 5. The molecular formula is C21H19N5O. The Bertz CT molecular complexity index is 1110. The van der Waals surface area contributed by atoms with Crippen LogP contribution in [0.4, 0.5) is 5.82 Å². The Morgan fingerprint density at radius 2 is 1.63 bits per heavy atom. The number of aromatic nitrogens is 4. The molecule has 4 aromatic rings. The predicted molar refractivity (Wildman–Crippen MR) is 106 cm³/mol. The molecule has 0 aliphatic carbocycles. The van der Waals surface area contributed by atoms with Crippen LogP contribution >= 0.6 is 0 Å². The van der Waals surface area contributed by atoms with E-state index in [1.807, 2.05) is 56.3 Å². The molecule has 0 saturated carbocycles. The lowest BCUT2D eigenvalue weighted by molar-refractivity contribution is 0.112. The third-order valence-corrected chi connectivity index (χ3v) is 4.38. The van der Waals surface area contributed by atoms with Crippen LogP contribution in [0, 0.1) is 6.92 Å². The fraction of sp³-hybridized carbons (Fsp3) is 0.143. The third kappa shape index (κ3) is 2.95. The molecule has 6 nitrogen and oxygen atoms in total. The van der Waals surface area contributed by atoms with E-state index >= 15 is 0 Å². The molecule has 2 aromatic carbocycles. The van der Waals surface area contributed by atoms with Crippen LogP contribution in [0.25, 0.3) is 28.2 Å². The van der Waals surface area contributed by atoms with Gasteiger partial charge in [-0.3, -0.25) is 4.79 Å². The van der Waals surface area contributed by atoms with Crippen molar-refractivity contribution in [2.45, 2.75) is 6.92 Å². The van der Waals surface area contributed by atoms with Crippen LogP contribution in [-0.4, -0.2) is 40.0 Å². The SMILES string of the molecule is Cc1nc2nc(-c3ccc(C=O)cc3)c(-c3ccccc3)c(N(C)C)n2n1. The molecule has 0 unspecified atom stereocenters. The molecule has 0 amide bonds.